The molecule has 286 valence electrons. The van der Waals surface area contributed by atoms with Crippen molar-refractivity contribution in [3.63, 3.8) is 0 Å². The van der Waals surface area contributed by atoms with Gasteiger partial charge in [0, 0.05) is 17.0 Å². The molecule has 2 aromatic carbocycles. The van der Waals surface area contributed by atoms with Gasteiger partial charge in [-0.25, -0.2) is 4.79 Å². The molecular weight excluding hydrogens is 728 g/mol. The molecule has 0 amide bonds. The Morgan fingerprint density at radius 2 is 1.74 bits per heavy atom. The van der Waals surface area contributed by atoms with Gasteiger partial charge in [-0.1, -0.05) is 81.5 Å². The Hall–Kier alpha value is -3.06. The van der Waals surface area contributed by atoms with Gasteiger partial charge in [-0.3, -0.25) is 4.79 Å². The molecule has 0 spiro atoms. The second-order valence-electron chi connectivity index (χ2n) is 18.0. The quantitative estimate of drug-likeness (QED) is 0.142. The monoisotopic (exact) mass is 786 g/mol. The molecule has 3 saturated carbocycles. The minimum Gasteiger partial charge on any atom is -0.482 e. The lowest BCUT2D eigenvalue weighted by atomic mass is 9.44. The molecule has 6 nitrogen and oxygen atoms in total. The summed E-state index contributed by atoms with van der Waals surface area (Å²) in [4.78, 5) is 26.3. The van der Waals surface area contributed by atoms with Crippen molar-refractivity contribution >= 4 is 32.9 Å². The van der Waals surface area contributed by atoms with E-state index in [-0.39, 0.29) is 35.3 Å². The van der Waals surface area contributed by atoms with E-state index in [1.165, 1.54) is 63.4 Å². The first-order chi connectivity index (χ1) is 25.3. The zero-order valence-corrected chi connectivity index (χ0v) is 34.3. The fourth-order valence-electron chi connectivity index (χ4n) is 11.1. The largest absolute Gasteiger partial charge is 0.482 e. The molecule has 4 aliphatic carbocycles. The third-order valence-corrected chi connectivity index (χ3v) is 14.6. The lowest BCUT2D eigenvalue weighted by Gasteiger charge is -2.61. The van der Waals surface area contributed by atoms with Crippen molar-refractivity contribution < 1.29 is 23.4 Å². The second-order valence-corrected chi connectivity index (χ2v) is 18.9. The zero-order valence-electron chi connectivity index (χ0n) is 32.7. The van der Waals surface area contributed by atoms with Crippen LogP contribution in [0.15, 0.2) is 67.8 Å². The van der Waals surface area contributed by atoms with Crippen LogP contribution in [-0.2, 0) is 9.53 Å². The van der Waals surface area contributed by atoms with E-state index in [0.717, 1.165) is 59.2 Å². The number of fused-ring (bicyclic) bond motifs is 6. The van der Waals surface area contributed by atoms with Gasteiger partial charge >= 0.3 is 5.97 Å². The second kappa shape index (κ2) is 15.6. The number of ether oxygens (including phenoxy) is 3. The summed E-state index contributed by atoms with van der Waals surface area (Å²) in [6, 6.07) is 12.2. The summed E-state index contributed by atoms with van der Waals surface area (Å²) >= 11 is 3.41. The van der Waals surface area contributed by atoms with E-state index in [0.29, 0.717) is 33.6 Å². The highest BCUT2D eigenvalue weighted by Gasteiger charge is 2.56. The maximum Gasteiger partial charge on any atom is 0.344 e. The third-order valence-electron chi connectivity index (χ3n) is 14.1. The van der Waals surface area contributed by atoms with Gasteiger partial charge in [-0.15, -0.1) is 0 Å². The molecule has 0 saturated heterocycles. The molecule has 7 rings (SSSR count). The maximum absolute atomic E-state index is 13.3. The molecule has 53 heavy (non-hydrogen) atoms. The van der Waals surface area contributed by atoms with Crippen LogP contribution in [0.5, 0.6) is 17.2 Å². The van der Waals surface area contributed by atoms with Crippen molar-refractivity contribution in [2.24, 2.45) is 46.3 Å². The molecule has 4 aliphatic rings. The first kappa shape index (κ1) is 38.2. The predicted molar refractivity (Wildman–Crippen MR) is 214 cm³/mol. The molecule has 1 heterocycles. The van der Waals surface area contributed by atoms with Crippen molar-refractivity contribution in [3.05, 3.63) is 74.6 Å². The van der Waals surface area contributed by atoms with E-state index >= 15 is 0 Å². The van der Waals surface area contributed by atoms with Gasteiger partial charge < -0.3 is 18.6 Å². The van der Waals surface area contributed by atoms with Gasteiger partial charge in [0.25, 0.3) is 0 Å². The van der Waals surface area contributed by atoms with Crippen molar-refractivity contribution in [1.82, 2.24) is 0 Å². The molecule has 0 bridgehead atoms. The van der Waals surface area contributed by atoms with Crippen LogP contribution in [0.2, 0.25) is 0 Å². The van der Waals surface area contributed by atoms with E-state index in [4.69, 9.17) is 18.6 Å². The third kappa shape index (κ3) is 8.02. The van der Waals surface area contributed by atoms with Crippen molar-refractivity contribution in [3.8, 4) is 17.2 Å². The zero-order chi connectivity index (χ0) is 37.5. The van der Waals surface area contributed by atoms with Gasteiger partial charge in [0.1, 0.15) is 28.9 Å². The number of aryl methyl sites for hydroxylation is 1. The number of carbonyl (C=O) groups excluding carboxylic acids is 1. The Kier molecular flexibility index (Phi) is 11.2. The molecule has 1 aromatic heterocycles. The normalized spacial score (nSPS) is 30.1. The Balaban J connectivity index is 0.932. The molecule has 8 atom stereocenters. The lowest BCUT2D eigenvalue weighted by Crippen LogP contribution is -2.52. The smallest absolute Gasteiger partial charge is 0.344 e. The topological polar surface area (TPSA) is 75.0 Å². The Labute approximate surface area is 324 Å². The van der Waals surface area contributed by atoms with Crippen LogP contribution < -0.4 is 14.9 Å². The van der Waals surface area contributed by atoms with E-state index in [2.05, 4.69) is 56.6 Å². The number of hydrogen-bond acceptors (Lipinski definition) is 6. The van der Waals surface area contributed by atoms with Gasteiger partial charge in [0.2, 0.25) is 11.2 Å². The number of hydrogen-bond donors (Lipinski definition) is 0. The van der Waals surface area contributed by atoms with Gasteiger partial charge in [0.15, 0.2) is 6.61 Å². The Bertz CT molecular complexity index is 1880. The van der Waals surface area contributed by atoms with Crippen molar-refractivity contribution in [2.45, 2.75) is 125 Å². The van der Waals surface area contributed by atoms with Crippen LogP contribution in [0.3, 0.4) is 0 Å². The summed E-state index contributed by atoms with van der Waals surface area (Å²) < 4.78 is 24.6. The minimum absolute atomic E-state index is 0.120. The highest BCUT2D eigenvalue weighted by molar-refractivity contribution is 9.10. The number of esters is 1. The molecule has 3 aromatic rings. The average Bonchev–Trinajstić information content (AvgIpc) is 3.12. The van der Waals surface area contributed by atoms with Crippen LogP contribution in [0, 0.1) is 53.3 Å². The van der Waals surface area contributed by atoms with Crippen LogP contribution in [-0.4, -0.2) is 18.7 Å². The summed E-state index contributed by atoms with van der Waals surface area (Å²) in [5.41, 5.74) is 2.32. The highest BCUT2D eigenvalue weighted by Crippen LogP contribution is 2.65. The van der Waals surface area contributed by atoms with Gasteiger partial charge in [-0.2, -0.15) is 0 Å². The molecular formula is C46H59BrO6. The number of carbonyl (C=O) groups is 1. The SMILES string of the molecule is Cc1oc2cc(OCC(=O)O[C@H]3CC[C@@]4(C)C(=CC[C@H]5[C@H]4CC[C@]4(C)C[C@H]([C@H](C)CCCC(C)C)CC[C@@H]54)C3)ccc2c(=O)c1Oc1ccc(Br)cc1. The summed E-state index contributed by atoms with van der Waals surface area (Å²) in [5, 5.41) is 0.378. The minimum atomic E-state index is -0.368. The van der Waals surface area contributed by atoms with E-state index in [1.54, 1.807) is 37.3 Å². The summed E-state index contributed by atoms with van der Waals surface area (Å²) in [6.45, 7) is 13.9. The Morgan fingerprint density at radius 1 is 0.962 bits per heavy atom. The first-order valence-electron chi connectivity index (χ1n) is 20.4. The van der Waals surface area contributed by atoms with Crippen LogP contribution in [0.25, 0.3) is 11.0 Å². The van der Waals surface area contributed by atoms with Gasteiger partial charge in [-0.05, 0) is 141 Å². The Morgan fingerprint density at radius 3 is 2.51 bits per heavy atom. The number of allylic oxidation sites excluding steroid dienone is 1. The fraction of sp³-hybridized carbons (Fsp3) is 0.609. The number of halogens is 1. The average molecular weight is 788 g/mol. The number of benzene rings is 2. The molecule has 3 fully saturated rings. The van der Waals surface area contributed by atoms with E-state index in [1.807, 2.05) is 12.1 Å². The van der Waals surface area contributed by atoms with E-state index < -0.39 is 0 Å². The van der Waals surface area contributed by atoms with Crippen molar-refractivity contribution in [2.75, 3.05) is 6.61 Å². The number of rotatable bonds is 11. The summed E-state index contributed by atoms with van der Waals surface area (Å²) in [7, 11) is 0. The van der Waals surface area contributed by atoms with Crippen LogP contribution in [0.4, 0.5) is 0 Å². The first-order valence-corrected chi connectivity index (χ1v) is 21.1. The molecule has 0 unspecified atom stereocenters. The summed E-state index contributed by atoms with van der Waals surface area (Å²) in [5.74, 6) is 6.03. The fourth-order valence-corrected chi connectivity index (χ4v) is 11.3. The van der Waals surface area contributed by atoms with Crippen molar-refractivity contribution in [1.29, 1.82) is 0 Å². The maximum atomic E-state index is 13.3. The highest BCUT2D eigenvalue weighted by atomic mass is 79.9. The summed E-state index contributed by atoms with van der Waals surface area (Å²) in [6.07, 6.45) is 17.5. The van der Waals surface area contributed by atoms with E-state index in [9.17, 15) is 9.59 Å². The molecule has 7 heteroatoms. The standard InChI is InChI=1S/C46H59BrO6/c1-28(2)8-7-9-29(3)31-10-19-39-37-17-11-32-24-36(20-23-46(32,6)40(37)21-22-45(39,5)26-31)52-42(48)27-50-35-16-18-38-41(25-35)51-30(4)44(43(38)49)53-34-14-12-33(47)13-15-34/h11-16,18,25,28-29,31,36-37,39-40H,7-10,17,19-24,26-27H2,1-6H3/t29-,31-,36+,37-,39+,40-,45-,46+/m1/s1. The van der Waals surface area contributed by atoms with Gasteiger partial charge in [0.05, 0.1) is 5.39 Å². The molecule has 0 radical (unpaired) electrons. The lowest BCUT2D eigenvalue weighted by molar-refractivity contribution is -0.154. The predicted octanol–water partition coefficient (Wildman–Crippen LogP) is 12.4. The molecule has 0 aliphatic heterocycles. The molecule has 0 N–H and O–H groups in total. The van der Waals surface area contributed by atoms with Crippen LogP contribution in [0.1, 0.15) is 117 Å². The van der Waals surface area contributed by atoms with Crippen LogP contribution >= 0.6 is 15.9 Å².